The van der Waals surface area contributed by atoms with E-state index in [4.69, 9.17) is 0 Å². The predicted octanol–water partition coefficient (Wildman–Crippen LogP) is 3.57. The number of rotatable bonds is 6. The molecule has 1 aromatic rings. The van der Waals surface area contributed by atoms with Crippen LogP contribution in [0.1, 0.15) is 6.42 Å². The molecular formula is C11H17NS2. The van der Waals surface area contributed by atoms with Gasteiger partial charge in [-0.15, -0.1) is 11.8 Å². The van der Waals surface area contributed by atoms with E-state index >= 15 is 0 Å². The molecule has 0 aliphatic heterocycles. The standard InChI is InChI=1S/C11H17NS2/c1-13-9-3-8-12-10-4-6-11(14-2)7-5-10/h4-7,12H,3,8-9H2,1-2H3. The van der Waals surface area contributed by atoms with Crippen molar-refractivity contribution >= 4 is 29.2 Å². The second-order valence-corrected chi connectivity index (χ2v) is 4.87. The highest BCUT2D eigenvalue weighted by molar-refractivity contribution is 7.98. The minimum absolute atomic E-state index is 1.07. The van der Waals surface area contributed by atoms with Gasteiger partial charge in [-0.25, -0.2) is 0 Å². The molecule has 0 radical (unpaired) electrons. The molecule has 1 rings (SSSR count). The Balaban J connectivity index is 2.29. The van der Waals surface area contributed by atoms with Gasteiger partial charge in [0.2, 0.25) is 0 Å². The average molecular weight is 227 g/mol. The third-order valence-electron chi connectivity index (χ3n) is 1.94. The number of nitrogens with one attached hydrogen (secondary N) is 1. The average Bonchev–Trinajstić information content (AvgIpc) is 2.25. The van der Waals surface area contributed by atoms with E-state index < -0.39 is 0 Å². The number of benzene rings is 1. The van der Waals surface area contributed by atoms with E-state index in [1.165, 1.54) is 22.8 Å². The lowest BCUT2D eigenvalue weighted by atomic mass is 10.3. The molecule has 0 heterocycles. The normalized spacial score (nSPS) is 10.1. The Labute approximate surface area is 95.1 Å². The fourth-order valence-electron chi connectivity index (χ4n) is 1.16. The van der Waals surface area contributed by atoms with E-state index in [1.54, 1.807) is 11.8 Å². The molecule has 78 valence electrons. The van der Waals surface area contributed by atoms with E-state index in [0.717, 1.165) is 6.54 Å². The molecule has 0 aliphatic rings. The van der Waals surface area contributed by atoms with Crippen molar-refractivity contribution in [3.05, 3.63) is 24.3 Å². The summed E-state index contributed by atoms with van der Waals surface area (Å²) in [6.45, 7) is 1.07. The minimum Gasteiger partial charge on any atom is -0.385 e. The molecule has 0 fully saturated rings. The van der Waals surface area contributed by atoms with Crippen LogP contribution in [-0.4, -0.2) is 24.8 Å². The van der Waals surface area contributed by atoms with Crippen LogP contribution in [0.15, 0.2) is 29.2 Å². The number of hydrogen-bond acceptors (Lipinski definition) is 3. The zero-order valence-corrected chi connectivity index (χ0v) is 10.4. The van der Waals surface area contributed by atoms with E-state index in [1.807, 2.05) is 11.8 Å². The number of thioether (sulfide) groups is 2. The van der Waals surface area contributed by atoms with Gasteiger partial charge in [0.05, 0.1) is 0 Å². The van der Waals surface area contributed by atoms with Gasteiger partial charge in [-0.3, -0.25) is 0 Å². The van der Waals surface area contributed by atoms with Gasteiger partial charge >= 0.3 is 0 Å². The Kier molecular flexibility index (Phi) is 5.96. The first kappa shape index (κ1) is 11.8. The summed E-state index contributed by atoms with van der Waals surface area (Å²) in [4.78, 5) is 1.32. The lowest BCUT2D eigenvalue weighted by Crippen LogP contribution is -2.01. The Morgan fingerprint density at radius 1 is 1.14 bits per heavy atom. The van der Waals surface area contributed by atoms with Crippen molar-refractivity contribution in [2.75, 3.05) is 30.1 Å². The number of anilines is 1. The fourth-order valence-corrected chi connectivity index (χ4v) is 2.00. The highest BCUT2D eigenvalue weighted by Gasteiger charge is 1.92. The molecule has 0 bridgehead atoms. The summed E-state index contributed by atoms with van der Waals surface area (Å²) in [7, 11) is 0. The molecule has 0 aliphatic carbocycles. The lowest BCUT2D eigenvalue weighted by molar-refractivity contribution is 0.993. The molecule has 0 amide bonds. The SMILES string of the molecule is CSCCCNc1ccc(SC)cc1. The van der Waals surface area contributed by atoms with Crippen molar-refractivity contribution in [1.82, 2.24) is 0 Å². The van der Waals surface area contributed by atoms with Crippen molar-refractivity contribution in [2.24, 2.45) is 0 Å². The molecule has 3 heteroatoms. The van der Waals surface area contributed by atoms with Gasteiger partial charge < -0.3 is 5.32 Å². The second kappa shape index (κ2) is 7.07. The highest BCUT2D eigenvalue weighted by atomic mass is 32.2. The molecule has 1 N–H and O–H groups in total. The Bertz CT molecular complexity index is 246. The van der Waals surface area contributed by atoms with Crippen LogP contribution in [0, 0.1) is 0 Å². The molecule has 0 spiro atoms. The maximum absolute atomic E-state index is 3.41. The summed E-state index contributed by atoms with van der Waals surface area (Å²) >= 11 is 3.68. The maximum Gasteiger partial charge on any atom is 0.0340 e. The van der Waals surface area contributed by atoms with Crippen LogP contribution < -0.4 is 5.32 Å². The zero-order valence-electron chi connectivity index (χ0n) is 8.75. The van der Waals surface area contributed by atoms with Crippen molar-refractivity contribution < 1.29 is 0 Å². The summed E-state index contributed by atoms with van der Waals surface area (Å²) in [5.41, 5.74) is 1.23. The molecule has 0 aromatic heterocycles. The third-order valence-corrected chi connectivity index (χ3v) is 3.38. The van der Waals surface area contributed by atoms with Gasteiger partial charge in [0.25, 0.3) is 0 Å². The Hall–Kier alpha value is -0.280. The predicted molar refractivity (Wildman–Crippen MR) is 69.7 cm³/mol. The molecule has 0 unspecified atom stereocenters. The van der Waals surface area contributed by atoms with Crippen molar-refractivity contribution in [3.63, 3.8) is 0 Å². The first-order valence-corrected chi connectivity index (χ1v) is 7.35. The van der Waals surface area contributed by atoms with Crippen LogP contribution in [0.25, 0.3) is 0 Å². The second-order valence-electron chi connectivity index (χ2n) is 3.00. The monoisotopic (exact) mass is 227 g/mol. The topological polar surface area (TPSA) is 12.0 Å². The van der Waals surface area contributed by atoms with Gasteiger partial charge in [0.1, 0.15) is 0 Å². The van der Waals surface area contributed by atoms with E-state index in [-0.39, 0.29) is 0 Å². The van der Waals surface area contributed by atoms with Crippen LogP contribution in [-0.2, 0) is 0 Å². The van der Waals surface area contributed by atoms with Crippen molar-refractivity contribution in [1.29, 1.82) is 0 Å². The molecule has 14 heavy (non-hydrogen) atoms. The minimum atomic E-state index is 1.07. The number of hydrogen-bond donors (Lipinski definition) is 1. The molecule has 1 aromatic carbocycles. The summed E-state index contributed by atoms with van der Waals surface area (Å²) in [6.07, 6.45) is 5.47. The quantitative estimate of drug-likeness (QED) is 0.589. The Morgan fingerprint density at radius 3 is 2.43 bits per heavy atom. The highest BCUT2D eigenvalue weighted by Crippen LogP contribution is 2.17. The largest absolute Gasteiger partial charge is 0.385 e. The first-order chi connectivity index (χ1) is 6.86. The Morgan fingerprint density at radius 2 is 1.86 bits per heavy atom. The maximum atomic E-state index is 3.41. The van der Waals surface area contributed by atoms with Gasteiger partial charge in [-0.1, -0.05) is 0 Å². The van der Waals surface area contributed by atoms with Gasteiger partial charge in [-0.2, -0.15) is 11.8 Å². The van der Waals surface area contributed by atoms with Crippen LogP contribution in [0.5, 0.6) is 0 Å². The van der Waals surface area contributed by atoms with Gasteiger partial charge in [-0.05, 0) is 49.0 Å². The first-order valence-electron chi connectivity index (χ1n) is 4.73. The summed E-state index contributed by atoms with van der Waals surface area (Å²) in [5.74, 6) is 1.23. The summed E-state index contributed by atoms with van der Waals surface area (Å²) in [6, 6.07) is 8.60. The molecule has 1 nitrogen and oxygen atoms in total. The van der Waals surface area contributed by atoms with Crippen LogP contribution >= 0.6 is 23.5 Å². The van der Waals surface area contributed by atoms with Gasteiger partial charge in [0, 0.05) is 17.1 Å². The van der Waals surface area contributed by atoms with E-state index in [9.17, 15) is 0 Å². The third kappa shape index (κ3) is 4.29. The van der Waals surface area contributed by atoms with Crippen LogP contribution in [0.3, 0.4) is 0 Å². The summed E-state index contributed by atoms with van der Waals surface area (Å²) in [5, 5.41) is 3.41. The van der Waals surface area contributed by atoms with Crippen LogP contribution in [0.2, 0.25) is 0 Å². The lowest BCUT2D eigenvalue weighted by Gasteiger charge is -2.05. The van der Waals surface area contributed by atoms with Gasteiger partial charge in [0.15, 0.2) is 0 Å². The van der Waals surface area contributed by atoms with Crippen LogP contribution in [0.4, 0.5) is 5.69 Å². The van der Waals surface area contributed by atoms with Crippen molar-refractivity contribution in [2.45, 2.75) is 11.3 Å². The van der Waals surface area contributed by atoms with E-state index in [0.29, 0.717) is 0 Å². The fraction of sp³-hybridized carbons (Fsp3) is 0.455. The zero-order chi connectivity index (χ0) is 10.2. The summed E-state index contributed by atoms with van der Waals surface area (Å²) < 4.78 is 0. The van der Waals surface area contributed by atoms with E-state index in [2.05, 4.69) is 42.1 Å². The molecule has 0 atom stereocenters. The molecule has 0 saturated heterocycles. The molecular weight excluding hydrogens is 210 g/mol. The molecule has 0 saturated carbocycles. The van der Waals surface area contributed by atoms with Crippen molar-refractivity contribution in [3.8, 4) is 0 Å². The smallest absolute Gasteiger partial charge is 0.0340 e.